The molecule has 0 spiro atoms. The fourth-order valence-electron chi connectivity index (χ4n) is 4.04. The van der Waals surface area contributed by atoms with Crippen LogP contribution in [-0.2, 0) is 0 Å². The number of aromatic nitrogens is 6. The Morgan fingerprint density at radius 1 is 1.17 bits per heavy atom. The van der Waals surface area contributed by atoms with Crippen LogP contribution >= 0.6 is 0 Å². The van der Waals surface area contributed by atoms with Gasteiger partial charge in [-0.1, -0.05) is 0 Å². The standard InChI is InChI=1S/C20H20FN7O/c1-11-23-27-28(26-11)15-4-5-16(19(29)10-15)17-6-3-14(24-25-17)9-12-8-13-2-7-18(22-13)20(12)21/h3-6,9-10,13,18,20,22,29H,2,7-8H2,1H3/b12-9+/t13-,18+,20+/m1/s1. The van der Waals surface area contributed by atoms with E-state index in [1.54, 1.807) is 43.3 Å². The van der Waals surface area contributed by atoms with Crippen LogP contribution in [0.2, 0.25) is 0 Å². The lowest BCUT2D eigenvalue weighted by Crippen LogP contribution is -2.42. The minimum atomic E-state index is -0.971. The number of aromatic hydroxyl groups is 1. The number of hydrogen-bond acceptors (Lipinski definition) is 7. The van der Waals surface area contributed by atoms with Crippen LogP contribution in [0.1, 0.15) is 30.8 Å². The third-order valence-corrected chi connectivity index (χ3v) is 5.49. The number of benzene rings is 1. The first kappa shape index (κ1) is 17.9. The molecule has 2 aliphatic rings. The Morgan fingerprint density at radius 2 is 2.07 bits per heavy atom. The van der Waals surface area contributed by atoms with Crippen molar-refractivity contribution in [2.75, 3.05) is 0 Å². The molecule has 5 rings (SSSR count). The summed E-state index contributed by atoms with van der Waals surface area (Å²) in [6.45, 7) is 1.74. The summed E-state index contributed by atoms with van der Waals surface area (Å²) < 4.78 is 14.6. The Balaban J connectivity index is 1.38. The fraction of sp³-hybridized carbons (Fsp3) is 0.350. The van der Waals surface area contributed by atoms with Crippen LogP contribution in [-0.4, -0.2) is 53.8 Å². The first-order chi connectivity index (χ1) is 14.1. The van der Waals surface area contributed by atoms with E-state index in [1.165, 1.54) is 4.80 Å². The summed E-state index contributed by atoms with van der Waals surface area (Å²) in [6, 6.07) is 8.90. The number of piperidine rings is 1. The van der Waals surface area contributed by atoms with Gasteiger partial charge in [0, 0.05) is 23.7 Å². The van der Waals surface area contributed by atoms with Gasteiger partial charge in [-0.25, -0.2) is 4.39 Å². The van der Waals surface area contributed by atoms with E-state index in [4.69, 9.17) is 0 Å². The second-order valence-electron chi connectivity index (χ2n) is 7.54. The minimum absolute atomic E-state index is 0.0385. The molecule has 0 unspecified atom stereocenters. The number of tetrazole rings is 1. The maximum absolute atomic E-state index is 14.6. The largest absolute Gasteiger partial charge is 0.507 e. The van der Waals surface area contributed by atoms with E-state index in [-0.39, 0.29) is 11.8 Å². The Labute approximate surface area is 166 Å². The van der Waals surface area contributed by atoms with Gasteiger partial charge in [0.15, 0.2) is 5.82 Å². The molecule has 148 valence electrons. The van der Waals surface area contributed by atoms with Gasteiger partial charge >= 0.3 is 0 Å². The first-order valence-electron chi connectivity index (χ1n) is 9.61. The summed E-state index contributed by atoms with van der Waals surface area (Å²) >= 11 is 0. The highest BCUT2D eigenvalue weighted by Gasteiger charge is 2.38. The molecule has 2 fully saturated rings. The number of halogens is 1. The van der Waals surface area contributed by atoms with Gasteiger partial charge in [0.1, 0.15) is 11.9 Å². The van der Waals surface area contributed by atoms with Crippen LogP contribution < -0.4 is 5.32 Å². The average Bonchev–Trinajstić information content (AvgIpc) is 3.33. The fourth-order valence-corrected chi connectivity index (χ4v) is 4.04. The smallest absolute Gasteiger partial charge is 0.172 e. The molecule has 2 saturated heterocycles. The van der Waals surface area contributed by atoms with Gasteiger partial charge in [0.05, 0.1) is 17.1 Å². The number of nitrogens with zero attached hydrogens (tertiary/aromatic N) is 6. The summed E-state index contributed by atoms with van der Waals surface area (Å²) in [6.07, 6.45) is 3.44. The van der Waals surface area contributed by atoms with Gasteiger partial charge in [-0.2, -0.15) is 5.10 Å². The predicted octanol–water partition coefficient (Wildman–Crippen LogP) is 2.38. The Kier molecular flexibility index (Phi) is 4.31. The van der Waals surface area contributed by atoms with Crippen LogP contribution in [0.5, 0.6) is 5.75 Å². The molecule has 2 aromatic heterocycles. The molecular weight excluding hydrogens is 373 g/mol. The van der Waals surface area contributed by atoms with Crippen LogP contribution in [0.4, 0.5) is 4.39 Å². The molecule has 1 aromatic carbocycles. The van der Waals surface area contributed by atoms with Crippen molar-refractivity contribution >= 4 is 6.08 Å². The molecule has 3 aromatic rings. The minimum Gasteiger partial charge on any atom is -0.507 e. The number of phenols is 1. The van der Waals surface area contributed by atoms with Crippen molar-refractivity contribution in [1.82, 2.24) is 35.7 Å². The summed E-state index contributed by atoms with van der Waals surface area (Å²) in [5, 5.41) is 34.0. The van der Waals surface area contributed by atoms with Gasteiger partial charge in [0.25, 0.3) is 0 Å². The van der Waals surface area contributed by atoms with Crippen molar-refractivity contribution in [3.63, 3.8) is 0 Å². The van der Waals surface area contributed by atoms with Gasteiger partial charge in [0.2, 0.25) is 0 Å². The molecule has 2 bridgehead atoms. The van der Waals surface area contributed by atoms with E-state index in [2.05, 4.69) is 30.9 Å². The number of rotatable bonds is 3. The van der Waals surface area contributed by atoms with Crippen LogP contribution in [0, 0.1) is 6.92 Å². The van der Waals surface area contributed by atoms with Crippen molar-refractivity contribution < 1.29 is 9.50 Å². The van der Waals surface area contributed by atoms with Gasteiger partial charge in [-0.05, 0) is 67.3 Å². The maximum atomic E-state index is 14.6. The zero-order valence-corrected chi connectivity index (χ0v) is 15.8. The third-order valence-electron chi connectivity index (χ3n) is 5.49. The van der Waals surface area contributed by atoms with Crippen LogP contribution in [0.3, 0.4) is 0 Å². The van der Waals surface area contributed by atoms with Crippen molar-refractivity contribution in [1.29, 1.82) is 0 Å². The number of phenolic OH excluding ortho intramolecular Hbond substituents is 1. The second-order valence-corrected chi connectivity index (χ2v) is 7.54. The molecule has 0 radical (unpaired) electrons. The number of alkyl halides is 1. The Hall–Kier alpha value is -3.20. The van der Waals surface area contributed by atoms with Crippen molar-refractivity contribution in [2.24, 2.45) is 0 Å². The zero-order valence-electron chi connectivity index (χ0n) is 15.8. The SMILES string of the molecule is Cc1nnn(-c2ccc(-c3ccc(/C=C4\C[C@H]5CC[C@H](N5)[C@H]4F)nn3)c(O)c2)n1. The van der Waals surface area contributed by atoms with Crippen LogP contribution in [0.15, 0.2) is 35.9 Å². The molecule has 29 heavy (non-hydrogen) atoms. The highest BCUT2D eigenvalue weighted by atomic mass is 19.1. The van der Waals surface area contributed by atoms with Gasteiger partial charge in [-0.3, -0.25) is 0 Å². The van der Waals surface area contributed by atoms with Crippen LogP contribution in [0.25, 0.3) is 23.0 Å². The normalized spacial score (nSPS) is 24.9. The molecule has 4 heterocycles. The predicted molar refractivity (Wildman–Crippen MR) is 104 cm³/mol. The van der Waals surface area contributed by atoms with E-state index in [0.29, 0.717) is 40.9 Å². The topological polar surface area (TPSA) is 102 Å². The number of aryl methyl sites for hydroxylation is 1. The zero-order chi connectivity index (χ0) is 20.0. The highest BCUT2D eigenvalue weighted by Crippen LogP contribution is 2.34. The second kappa shape index (κ2) is 7.00. The molecule has 8 nitrogen and oxygen atoms in total. The van der Waals surface area contributed by atoms with E-state index in [1.807, 2.05) is 0 Å². The van der Waals surface area contributed by atoms with E-state index in [0.717, 1.165) is 18.4 Å². The Morgan fingerprint density at radius 3 is 2.79 bits per heavy atom. The van der Waals surface area contributed by atoms with Crippen molar-refractivity contribution in [2.45, 2.75) is 44.4 Å². The first-order valence-corrected chi connectivity index (χ1v) is 9.61. The highest BCUT2D eigenvalue weighted by molar-refractivity contribution is 5.68. The molecule has 2 aliphatic heterocycles. The lowest BCUT2D eigenvalue weighted by Gasteiger charge is -2.27. The molecule has 0 aliphatic carbocycles. The number of nitrogens with one attached hydrogen (secondary N) is 1. The maximum Gasteiger partial charge on any atom is 0.172 e. The van der Waals surface area contributed by atoms with E-state index < -0.39 is 6.17 Å². The van der Waals surface area contributed by atoms with E-state index >= 15 is 0 Å². The van der Waals surface area contributed by atoms with Crippen molar-refractivity contribution in [3.8, 4) is 22.7 Å². The molecule has 3 atom stereocenters. The quantitative estimate of drug-likeness (QED) is 0.704. The van der Waals surface area contributed by atoms with Crippen molar-refractivity contribution in [3.05, 3.63) is 47.4 Å². The average molecular weight is 393 g/mol. The monoisotopic (exact) mass is 393 g/mol. The number of fused-ring (bicyclic) bond motifs is 2. The van der Waals surface area contributed by atoms with E-state index in [9.17, 15) is 9.50 Å². The summed E-state index contributed by atoms with van der Waals surface area (Å²) in [5.74, 6) is 0.582. The molecule has 2 N–H and O–H groups in total. The lowest BCUT2D eigenvalue weighted by atomic mass is 9.96. The summed E-state index contributed by atoms with van der Waals surface area (Å²) in [7, 11) is 0. The molecular formula is C20H20FN7O. The summed E-state index contributed by atoms with van der Waals surface area (Å²) in [5.41, 5.74) is 3.06. The molecule has 9 heteroatoms. The molecule has 0 amide bonds. The third kappa shape index (κ3) is 3.38. The number of hydrogen-bond donors (Lipinski definition) is 2. The van der Waals surface area contributed by atoms with Gasteiger partial charge < -0.3 is 10.4 Å². The lowest BCUT2D eigenvalue weighted by molar-refractivity contribution is 0.270. The summed E-state index contributed by atoms with van der Waals surface area (Å²) in [4.78, 5) is 1.35. The Bertz CT molecular complexity index is 1080. The van der Waals surface area contributed by atoms with Gasteiger partial charge in [-0.15, -0.1) is 20.1 Å². The molecule has 0 saturated carbocycles.